The first-order valence-electron chi connectivity index (χ1n) is 7.05. The van der Waals surface area contributed by atoms with Gasteiger partial charge in [-0.15, -0.1) is 0 Å². The number of hydrogen-bond donors (Lipinski definition) is 2. The number of aromatic nitrogens is 1. The molecule has 2 rings (SSSR count). The average molecular weight is 291 g/mol. The third kappa shape index (κ3) is 3.32. The minimum Gasteiger partial charge on any atom is -0.481 e. The second-order valence-corrected chi connectivity index (χ2v) is 5.90. The summed E-state index contributed by atoms with van der Waals surface area (Å²) in [7, 11) is 3.76. The van der Waals surface area contributed by atoms with E-state index in [1.165, 1.54) is 0 Å². The zero-order valence-electron chi connectivity index (χ0n) is 12.5. The molecule has 0 spiro atoms. The van der Waals surface area contributed by atoms with Crippen molar-refractivity contribution in [2.24, 2.45) is 17.8 Å². The molecule has 6 heteroatoms. The fourth-order valence-corrected chi connectivity index (χ4v) is 2.95. The molecule has 1 fully saturated rings. The summed E-state index contributed by atoms with van der Waals surface area (Å²) >= 11 is 0. The van der Waals surface area contributed by atoms with Gasteiger partial charge in [-0.2, -0.15) is 0 Å². The standard InChI is InChI=1S/C15H21N3O3/c1-9-6-10(11(7-9)15(20)21)14(19)17-12-8-16-5-4-13(12)18(2)3/h4-5,8-11H,6-7H2,1-3H3,(H,17,19)(H,20,21). The maximum atomic E-state index is 12.4. The highest BCUT2D eigenvalue weighted by molar-refractivity contribution is 5.97. The van der Waals surface area contributed by atoms with E-state index in [4.69, 9.17) is 0 Å². The highest BCUT2D eigenvalue weighted by atomic mass is 16.4. The minimum absolute atomic E-state index is 0.233. The van der Waals surface area contributed by atoms with Crippen LogP contribution < -0.4 is 10.2 Å². The molecule has 0 radical (unpaired) electrons. The van der Waals surface area contributed by atoms with Gasteiger partial charge in [0.25, 0.3) is 0 Å². The zero-order valence-corrected chi connectivity index (χ0v) is 12.5. The molecule has 0 aliphatic heterocycles. The molecule has 2 N–H and O–H groups in total. The summed E-state index contributed by atoms with van der Waals surface area (Å²) in [5.41, 5.74) is 1.45. The predicted molar refractivity (Wildman–Crippen MR) is 80.2 cm³/mol. The summed E-state index contributed by atoms with van der Waals surface area (Å²) in [6.45, 7) is 1.98. The van der Waals surface area contributed by atoms with E-state index < -0.39 is 17.8 Å². The number of carbonyl (C=O) groups excluding carboxylic acids is 1. The van der Waals surface area contributed by atoms with Crippen LogP contribution in [0.2, 0.25) is 0 Å². The predicted octanol–water partition coefficient (Wildman–Crippen LogP) is 1.83. The first-order valence-corrected chi connectivity index (χ1v) is 7.05. The Kier molecular flexibility index (Phi) is 4.45. The lowest BCUT2D eigenvalue weighted by molar-refractivity contribution is -0.145. The van der Waals surface area contributed by atoms with Gasteiger partial charge in [0.2, 0.25) is 5.91 Å². The lowest BCUT2D eigenvalue weighted by atomic mass is 9.95. The average Bonchev–Trinajstić information content (AvgIpc) is 2.81. The van der Waals surface area contributed by atoms with Crippen LogP contribution in [0.3, 0.4) is 0 Å². The molecule has 1 aliphatic carbocycles. The van der Waals surface area contributed by atoms with E-state index in [0.717, 1.165) is 5.69 Å². The molecule has 1 amide bonds. The summed E-state index contributed by atoms with van der Waals surface area (Å²) in [5, 5.41) is 12.1. The number of rotatable bonds is 4. The third-order valence-corrected chi connectivity index (χ3v) is 3.99. The van der Waals surface area contributed by atoms with Crippen LogP contribution in [0.5, 0.6) is 0 Å². The van der Waals surface area contributed by atoms with E-state index in [9.17, 15) is 14.7 Å². The molecule has 3 atom stereocenters. The number of aliphatic carboxylic acids is 1. The quantitative estimate of drug-likeness (QED) is 0.884. The SMILES string of the molecule is CC1CC(C(=O)O)C(C(=O)Nc2cnccc2N(C)C)C1. The van der Waals surface area contributed by atoms with Crippen LogP contribution in [-0.2, 0) is 9.59 Å². The Morgan fingerprint density at radius 1 is 1.33 bits per heavy atom. The van der Waals surface area contributed by atoms with Crippen molar-refractivity contribution in [3.05, 3.63) is 18.5 Å². The number of carboxylic acids is 1. The fraction of sp³-hybridized carbons (Fsp3) is 0.533. The first-order chi connectivity index (χ1) is 9.90. The van der Waals surface area contributed by atoms with Gasteiger partial charge in [-0.3, -0.25) is 14.6 Å². The third-order valence-electron chi connectivity index (χ3n) is 3.99. The van der Waals surface area contributed by atoms with Crippen LogP contribution in [0, 0.1) is 17.8 Å². The molecule has 1 aromatic heterocycles. The van der Waals surface area contributed by atoms with E-state index in [1.807, 2.05) is 32.0 Å². The van der Waals surface area contributed by atoms with Crippen molar-refractivity contribution in [1.82, 2.24) is 4.98 Å². The first kappa shape index (κ1) is 15.3. The maximum absolute atomic E-state index is 12.4. The molecule has 1 heterocycles. The van der Waals surface area contributed by atoms with Crippen LogP contribution in [0.1, 0.15) is 19.8 Å². The molecular weight excluding hydrogens is 270 g/mol. The van der Waals surface area contributed by atoms with Gasteiger partial charge in [-0.05, 0) is 24.8 Å². The van der Waals surface area contributed by atoms with Gasteiger partial charge in [0.05, 0.1) is 29.4 Å². The fourth-order valence-electron chi connectivity index (χ4n) is 2.95. The summed E-state index contributed by atoms with van der Waals surface area (Å²) in [6.07, 6.45) is 4.41. The molecule has 0 aromatic carbocycles. The second-order valence-electron chi connectivity index (χ2n) is 5.90. The molecule has 21 heavy (non-hydrogen) atoms. The number of carboxylic acid groups (broad SMARTS) is 1. The smallest absolute Gasteiger partial charge is 0.307 e. The zero-order chi connectivity index (χ0) is 15.6. The number of carbonyl (C=O) groups is 2. The van der Waals surface area contributed by atoms with Crippen molar-refractivity contribution in [2.75, 3.05) is 24.3 Å². The van der Waals surface area contributed by atoms with Gasteiger partial charge >= 0.3 is 5.97 Å². The molecule has 1 saturated carbocycles. The monoisotopic (exact) mass is 291 g/mol. The maximum Gasteiger partial charge on any atom is 0.307 e. The van der Waals surface area contributed by atoms with Crippen molar-refractivity contribution < 1.29 is 14.7 Å². The topological polar surface area (TPSA) is 82.5 Å². The second kappa shape index (κ2) is 6.11. The van der Waals surface area contributed by atoms with Gasteiger partial charge in [0, 0.05) is 20.3 Å². The number of nitrogens with zero attached hydrogens (tertiary/aromatic N) is 2. The van der Waals surface area contributed by atoms with Crippen LogP contribution in [0.25, 0.3) is 0 Å². The summed E-state index contributed by atoms with van der Waals surface area (Å²) < 4.78 is 0. The molecule has 0 bridgehead atoms. The molecule has 1 aromatic rings. The van der Waals surface area contributed by atoms with Crippen LogP contribution in [0.4, 0.5) is 11.4 Å². The normalized spacial score (nSPS) is 24.6. The largest absolute Gasteiger partial charge is 0.481 e. The molecule has 114 valence electrons. The lowest BCUT2D eigenvalue weighted by Crippen LogP contribution is -2.30. The Morgan fingerprint density at radius 2 is 2.00 bits per heavy atom. The van der Waals surface area contributed by atoms with Gasteiger partial charge in [-0.25, -0.2) is 0 Å². The van der Waals surface area contributed by atoms with Gasteiger partial charge in [0.1, 0.15) is 0 Å². The summed E-state index contributed by atoms with van der Waals surface area (Å²) in [6, 6.07) is 1.81. The highest BCUT2D eigenvalue weighted by Crippen LogP contribution is 2.37. The number of pyridine rings is 1. The Bertz CT molecular complexity index is 545. The number of nitrogens with one attached hydrogen (secondary N) is 1. The Hall–Kier alpha value is -2.11. The molecule has 3 unspecified atom stereocenters. The molecule has 0 saturated heterocycles. The highest BCUT2D eigenvalue weighted by Gasteiger charge is 2.41. The van der Waals surface area contributed by atoms with Gasteiger partial charge in [0.15, 0.2) is 0 Å². The van der Waals surface area contributed by atoms with Crippen molar-refractivity contribution >= 4 is 23.3 Å². The summed E-state index contributed by atoms with van der Waals surface area (Å²) in [4.78, 5) is 29.6. The minimum atomic E-state index is -0.890. The van der Waals surface area contributed by atoms with Crippen LogP contribution >= 0.6 is 0 Å². The van der Waals surface area contributed by atoms with E-state index in [2.05, 4.69) is 10.3 Å². The van der Waals surface area contributed by atoms with E-state index in [1.54, 1.807) is 12.4 Å². The number of anilines is 2. The van der Waals surface area contributed by atoms with E-state index in [0.29, 0.717) is 18.5 Å². The summed E-state index contributed by atoms with van der Waals surface area (Å²) in [5.74, 6) is -1.95. The van der Waals surface area contributed by atoms with Crippen molar-refractivity contribution in [3.63, 3.8) is 0 Å². The number of hydrogen-bond acceptors (Lipinski definition) is 4. The Balaban J connectivity index is 2.16. The van der Waals surface area contributed by atoms with Crippen LogP contribution in [-0.4, -0.2) is 36.1 Å². The Morgan fingerprint density at radius 3 is 2.62 bits per heavy atom. The van der Waals surface area contributed by atoms with Crippen LogP contribution in [0.15, 0.2) is 18.5 Å². The van der Waals surface area contributed by atoms with Crippen molar-refractivity contribution in [2.45, 2.75) is 19.8 Å². The Labute approximate surface area is 124 Å². The lowest BCUT2D eigenvalue weighted by Gasteiger charge is -2.20. The van der Waals surface area contributed by atoms with Crippen molar-refractivity contribution in [3.8, 4) is 0 Å². The van der Waals surface area contributed by atoms with E-state index in [-0.39, 0.29) is 11.8 Å². The van der Waals surface area contributed by atoms with Gasteiger partial charge in [-0.1, -0.05) is 6.92 Å². The number of amides is 1. The van der Waals surface area contributed by atoms with Crippen molar-refractivity contribution in [1.29, 1.82) is 0 Å². The molecule has 6 nitrogen and oxygen atoms in total. The van der Waals surface area contributed by atoms with E-state index >= 15 is 0 Å². The molecular formula is C15H21N3O3. The van der Waals surface area contributed by atoms with Gasteiger partial charge < -0.3 is 15.3 Å². The molecule has 1 aliphatic rings.